The molecule has 2 heterocycles. The van der Waals surface area contributed by atoms with E-state index in [2.05, 4.69) is 35.6 Å². The molecule has 2 unspecified atom stereocenters. The lowest BCUT2D eigenvalue weighted by Gasteiger charge is -2.36. The van der Waals surface area contributed by atoms with Crippen LogP contribution in [0.15, 0.2) is 47.5 Å². The van der Waals surface area contributed by atoms with Gasteiger partial charge >= 0.3 is 6.03 Å². The molecule has 0 aromatic heterocycles. The van der Waals surface area contributed by atoms with Gasteiger partial charge in [-0.15, -0.1) is 0 Å². The summed E-state index contributed by atoms with van der Waals surface area (Å²) >= 11 is 1.58. The molecule has 0 aliphatic carbocycles. The number of methoxy groups -OCH3 is 1. The predicted octanol–water partition coefficient (Wildman–Crippen LogP) is 2.27. The van der Waals surface area contributed by atoms with E-state index in [0.717, 1.165) is 10.9 Å². The molecule has 1 fully saturated rings. The minimum absolute atomic E-state index is 0.311. The number of urea groups is 1. The molecule has 2 aliphatic heterocycles. The molecule has 3 amide bonds. The van der Waals surface area contributed by atoms with Crippen molar-refractivity contribution in [3.8, 4) is 0 Å². The molecule has 7 nitrogen and oxygen atoms in total. The fraction of sp³-hybridized carbons (Fsp3) is 0.350. The molecule has 8 heteroatoms. The molecule has 2 aromatic carbocycles. The number of nitrogens with one attached hydrogen (secondary N) is 1. The maximum absolute atomic E-state index is 12.5. The summed E-state index contributed by atoms with van der Waals surface area (Å²) in [6.45, 7) is 1.01. The van der Waals surface area contributed by atoms with Gasteiger partial charge < -0.3 is 14.5 Å². The van der Waals surface area contributed by atoms with E-state index in [4.69, 9.17) is 9.73 Å². The van der Waals surface area contributed by atoms with Crippen LogP contribution in [-0.2, 0) is 15.3 Å². The van der Waals surface area contributed by atoms with Crippen LogP contribution in [0.2, 0.25) is 0 Å². The van der Waals surface area contributed by atoms with Crippen LogP contribution in [-0.4, -0.2) is 66.4 Å². The SMILES string of the molecule is COCCN1C(SCc2cccc3ccccc23)=NC2C1C(=O)NC(=O)N2C. The highest BCUT2D eigenvalue weighted by Crippen LogP contribution is 2.31. The lowest BCUT2D eigenvalue weighted by molar-refractivity contribution is -0.127. The second-order valence-electron chi connectivity index (χ2n) is 6.79. The van der Waals surface area contributed by atoms with Crippen LogP contribution in [0.5, 0.6) is 0 Å². The number of nitrogens with zero attached hydrogens (tertiary/aromatic N) is 3. The van der Waals surface area contributed by atoms with Gasteiger partial charge in [0.05, 0.1) is 6.61 Å². The molecule has 0 bridgehead atoms. The Bertz CT molecular complexity index is 943. The smallest absolute Gasteiger partial charge is 0.325 e. The van der Waals surface area contributed by atoms with E-state index in [1.807, 2.05) is 17.0 Å². The number of carbonyl (C=O) groups is 2. The molecule has 1 saturated heterocycles. The molecular weight excluding hydrogens is 376 g/mol. The van der Waals surface area contributed by atoms with Gasteiger partial charge in [-0.2, -0.15) is 0 Å². The Balaban J connectivity index is 1.59. The summed E-state index contributed by atoms with van der Waals surface area (Å²) in [5.41, 5.74) is 1.21. The Morgan fingerprint density at radius 1 is 1.18 bits per heavy atom. The van der Waals surface area contributed by atoms with Gasteiger partial charge in [0.25, 0.3) is 5.91 Å². The molecule has 0 radical (unpaired) electrons. The first-order valence-electron chi connectivity index (χ1n) is 9.10. The molecule has 2 atom stereocenters. The van der Waals surface area contributed by atoms with Gasteiger partial charge in [0, 0.05) is 26.5 Å². The third kappa shape index (κ3) is 3.33. The third-order valence-corrected chi connectivity index (χ3v) is 6.15. The summed E-state index contributed by atoms with van der Waals surface area (Å²) in [7, 11) is 3.29. The summed E-state index contributed by atoms with van der Waals surface area (Å²) in [6.07, 6.45) is -0.506. The van der Waals surface area contributed by atoms with Crippen molar-refractivity contribution in [3.05, 3.63) is 48.0 Å². The molecule has 2 aromatic rings. The van der Waals surface area contributed by atoms with Crippen molar-refractivity contribution in [1.29, 1.82) is 0 Å². The van der Waals surface area contributed by atoms with E-state index in [0.29, 0.717) is 13.2 Å². The Hall–Kier alpha value is -2.58. The fourth-order valence-electron chi connectivity index (χ4n) is 3.61. The molecule has 1 N–H and O–H groups in total. The Morgan fingerprint density at radius 2 is 1.96 bits per heavy atom. The largest absolute Gasteiger partial charge is 0.383 e. The van der Waals surface area contributed by atoms with Gasteiger partial charge in [0.15, 0.2) is 17.4 Å². The summed E-state index contributed by atoms with van der Waals surface area (Å²) in [6, 6.07) is 13.6. The van der Waals surface area contributed by atoms with Crippen LogP contribution >= 0.6 is 11.8 Å². The van der Waals surface area contributed by atoms with Crippen molar-refractivity contribution >= 4 is 39.6 Å². The van der Waals surface area contributed by atoms with Crippen molar-refractivity contribution in [1.82, 2.24) is 15.1 Å². The zero-order valence-corrected chi connectivity index (χ0v) is 16.6. The van der Waals surface area contributed by atoms with E-state index in [1.165, 1.54) is 21.2 Å². The number of rotatable bonds is 5. The maximum atomic E-state index is 12.5. The number of benzene rings is 2. The summed E-state index contributed by atoms with van der Waals surface area (Å²) in [5, 5.41) is 5.58. The van der Waals surface area contributed by atoms with E-state index < -0.39 is 18.2 Å². The third-order valence-electron chi connectivity index (χ3n) is 5.10. The normalized spacial score (nSPS) is 21.7. The fourth-order valence-corrected chi connectivity index (χ4v) is 4.70. The number of ether oxygens (including phenoxy) is 1. The summed E-state index contributed by atoms with van der Waals surface area (Å²) in [5.74, 6) is 0.413. The number of carbonyl (C=O) groups excluding carboxylic acids is 2. The molecule has 0 spiro atoms. The highest BCUT2D eigenvalue weighted by molar-refractivity contribution is 8.13. The second-order valence-corrected chi connectivity index (χ2v) is 7.73. The maximum Gasteiger partial charge on any atom is 0.325 e. The Labute approximate surface area is 167 Å². The van der Waals surface area contributed by atoms with Gasteiger partial charge in [-0.1, -0.05) is 54.2 Å². The number of thioether (sulfide) groups is 1. The van der Waals surface area contributed by atoms with Gasteiger partial charge in [0.1, 0.15) is 0 Å². The zero-order valence-electron chi connectivity index (χ0n) is 15.8. The Morgan fingerprint density at radius 3 is 2.79 bits per heavy atom. The molecule has 4 rings (SSSR count). The zero-order chi connectivity index (χ0) is 19.7. The summed E-state index contributed by atoms with van der Waals surface area (Å²) in [4.78, 5) is 32.6. The van der Waals surface area contributed by atoms with E-state index in [-0.39, 0.29) is 5.91 Å². The minimum Gasteiger partial charge on any atom is -0.383 e. The minimum atomic E-state index is -0.520. The number of amides is 3. The molecule has 28 heavy (non-hydrogen) atoms. The number of aliphatic imine (C=N–C) groups is 1. The quantitative estimate of drug-likeness (QED) is 0.836. The van der Waals surface area contributed by atoms with Crippen molar-refractivity contribution in [2.45, 2.75) is 18.0 Å². The highest BCUT2D eigenvalue weighted by Gasteiger charge is 2.48. The predicted molar refractivity (Wildman–Crippen MR) is 110 cm³/mol. The molecule has 0 saturated carbocycles. The van der Waals surface area contributed by atoms with Crippen molar-refractivity contribution in [3.63, 3.8) is 0 Å². The lowest BCUT2D eigenvalue weighted by Crippen LogP contribution is -2.63. The van der Waals surface area contributed by atoms with Gasteiger partial charge in [-0.25, -0.2) is 9.79 Å². The number of hydrogen-bond acceptors (Lipinski definition) is 6. The van der Waals surface area contributed by atoms with Crippen LogP contribution in [0.25, 0.3) is 10.8 Å². The van der Waals surface area contributed by atoms with Crippen molar-refractivity contribution in [2.24, 2.45) is 4.99 Å². The molecular formula is C20H22N4O3S. The molecule has 146 valence electrons. The van der Waals surface area contributed by atoms with Gasteiger partial charge in [-0.3, -0.25) is 10.1 Å². The van der Waals surface area contributed by atoms with Crippen LogP contribution in [0.1, 0.15) is 5.56 Å². The lowest BCUT2D eigenvalue weighted by atomic mass is 10.1. The number of amidine groups is 1. The second kappa shape index (κ2) is 7.81. The monoisotopic (exact) mass is 398 g/mol. The first-order valence-corrected chi connectivity index (χ1v) is 10.1. The number of imide groups is 1. The molecule has 2 aliphatic rings. The topological polar surface area (TPSA) is 74.2 Å². The van der Waals surface area contributed by atoms with Crippen LogP contribution in [0, 0.1) is 0 Å². The van der Waals surface area contributed by atoms with E-state index in [1.54, 1.807) is 25.9 Å². The number of likely N-dealkylation sites (N-methyl/N-ethyl adjacent to an activating group) is 1. The van der Waals surface area contributed by atoms with Crippen LogP contribution < -0.4 is 5.32 Å². The highest BCUT2D eigenvalue weighted by atomic mass is 32.2. The van der Waals surface area contributed by atoms with E-state index >= 15 is 0 Å². The van der Waals surface area contributed by atoms with Crippen molar-refractivity contribution in [2.75, 3.05) is 27.3 Å². The number of fused-ring (bicyclic) bond motifs is 2. The van der Waals surface area contributed by atoms with Gasteiger partial charge in [0.2, 0.25) is 0 Å². The Kier molecular flexibility index (Phi) is 5.23. The average molecular weight is 398 g/mol. The standard InChI is InChI=1S/C20H22N4O3S/c1-23-17-16(18(25)22-19(23)26)24(10-11-27-2)20(21-17)28-12-14-8-5-7-13-6-3-4-9-15(13)14/h3-9,16-17H,10-12H2,1-2H3,(H,22,25,26). The number of hydrogen-bond donors (Lipinski definition) is 1. The average Bonchev–Trinajstić information content (AvgIpc) is 3.08. The first kappa shape index (κ1) is 18.8. The van der Waals surface area contributed by atoms with Crippen LogP contribution in [0.4, 0.5) is 4.79 Å². The first-order chi connectivity index (χ1) is 13.6. The van der Waals surface area contributed by atoms with Crippen LogP contribution in [0.3, 0.4) is 0 Å². The summed E-state index contributed by atoms with van der Waals surface area (Å²) < 4.78 is 5.22. The van der Waals surface area contributed by atoms with E-state index in [9.17, 15) is 9.59 Å². The van der Waals surface area contributed by atoms with Crippen molar-refractivity contribution < 1.29 is 14.3 Å². The van der Waals surface area contributed by atoms with Gasteiger partial charge in [-0.05, 0) is 16.3 Å².